The van der Waals surface area contributed by atoms with Crippen LogP contribution in [0.4, 0.5) is 0 Å². The smallest absolute Gasteiger partial charge is 0.247 e. The fraction of sp³-hybridized carbons (Fsp3) is 0.500. The second-order valence-electron chi connectivity index (χ2n) is 6.04. The summed E-state index contributed by atoms with van der Waals surface area (Å²) in [6, 6.07) is 7.88. The number of carbonyl (C=O) groups excluding carboxylic acids is 1. The molecule has 0 spiro atoms. The maximum atomic E-state index is 12.5. The van der Waals surface area contributed by atoms with Crippen molar-refractivity contribution >= 4 is 5.91 Å². The van der Waals surface area contributed by atoms with Crippen LogP contribution in [-0.2, 0) is 4.79 Å². The molecule has 1 aliphatic carbocycles. The van der Waals surface area contributed by atoms with Gasteiger partial charge in [0.25, 0.3) is 0 Å². The van der Waals surface area contributed by atoms with Crippen LogP contribution in [0.15, 0.2) is 35.9 Å². The van der Waals surface area contributed by atoms with Gasteiger partial charge in [0.05, 0.1) is 13.2 Å². The maximum Gasteiger partial charge on any atom is 0.247 e. The molecule has 0 bridgehead atoms. The summed E-state index contributed by atoms with van der Waals surface area (Å²) in [5.41, 5.74) is 2.03. The first-order valence-electron chi connectivity index (χ1n) is 7.88. The Morgan fingerprint density at radius 1 is 1.27 bits per heavy atom. The normalized spacial score (nSPS) is 16.1. The number of ether oxygens (including phenoxy) is 1. The SMILES string of the molecule is COc1ccc(C(CN(C)C)NC(=O)C2=CCCCC2)cc1. The lowest BCUT2D eigenvalue weighted by Gasteiger charge is -2.24. The van der Waals surface area contributed by atoms with E-state index in [4.69, 9.17) is 4.74 Å². The van der Waals surface area contributed by atoms with Crippen LogP contribution in [0.25, 0.3) is 0 Å². The molecular weight excluding hydrogens is 276 g/mol. The molecule has 1 aliphatic rings. The molecule has 4 nitrogen and oxygen atoms in total. The lowest BCUT2D eigenvalue weighted by molar-refractivity contribution is -0.118. The summed E-state index contributed by atoms with van der Waals surface area (Å²) in [5.74, 6) is 0.899. The summed E-state index contributed by atoms with van der Waals surface area (Å²) >= 11 is 0. The van der Waals surface area contributed by atoms with Gasteiger partial charge in [-0.2, -0.15) is 0 Å². The molecule has 0 radical (unpaired) electrons. The monoisotopic (exact) mass is 302 g/mol. The number of methoxy groups -OCH3 is 1. The van der Waals surface area contributed by atoms with Gasteiger partial charge in [0, 0.05) is 12.1 Å². The number of likely N-dealkylation sites (N-methyl/N-ethyl adjacent to an activating group) is 1. The number of amides is 1. The van der Waals surface area contributed by atoms with E-state index in [2.05, 4.69) is 16.3 Å². The van der Waals surface area contributed by atoms with Gasteiger partial charge in [0.1, 0.15) is 5.75 Å². The predicted octanol–water partition coefficient (Wildman–Crippen LogP) is 2.91. The van der Waals surface area contributed by atoms with Crippen molar-refractivity contribution in [2.45, 2.75) is 31.7 Å². The fourth-order valence-corrected chi connectivity index (χ4v) is 2.73. The van der Waals surface area contributed by atoms with Crippen molar-refractivity contribution < 1.29 is 9.53 Å². The van der Waals surface area contributed by atoms with E-state index < -0.39 is 0 Å². The molecule has 0 saturated heterocycles. The lowest BCUT2D eigenvalue weighted by atomic mass is 9.98. The van der Waals surface area contributed by atoms with Crippen LogP contribution < -0.4 is 10.1 Å². The van der Waals surface area contributed by atoms with E-state index in [0.717, 1.165) is 42.7 Å². The van der Waals surface area contributed by atoms with Gasteiger partial charge in [0.15, 0.2) is 0 Å². The summed E-state index contributed by atoms with van der Waals surface area (Å²) in [4.78, 5) is 14.6. The van der Waals surface area contributed by atoms with E-state index in [0.29, 0.717) is 0 Å². The quantitative estimate of drug-likeness (QED) is 0.878. The Balaban J connectivity index is 2.11. The zero-order valence-corrected chi connectivity index (χ0v) is 13.8. The first kappa shape index (κ1) is 16.6. The minimum absolute atomic E-state index is 0.0174. The Morgan fingerprint density at radius 2 is 2.00 bits per heavy atom. The van der Waals surface area contributed by atoms with Crippen molar-refractivity contribution in [2.75, 3.05) is 27.7 Å². The third kappa shape index (κ3) is 4.60. The number of benzene rings is 1. The Hall–Kier alpha value is -1.81. The Labute approximate surface area is 133 Å². The topological polar surface area (TPSA) is 41.6 Å². The molecular formula is C18H26N2O2. The first-order chi connectivity index (χ1) is 10.6. The molecule has 1 amide bonds. The van der Waals surface area contributed by atoms with Gasteiger partial charge >= 0.3 is 0 Å². The molecule has 1 aromatic carbocycles. The van der Waals surface area contributed by atoms with Gasteiger partial charge in [-0.25, -0.2) is 0 Å². The van der Waals surface area contributed by atoms with Gasteiger partial charge in [-0.05, 0) is 57.5 Å². The van der Waals surface area contributed by atoms with Crippen LogP contribution in [0.3, 0.4) is 0 Å². The van der Waals surface area contributed by atoms with Crippen LogP contribution in [0.1, 0.15) is 37.3 Å². The Kier molecular flexibility index (Phi) is 6.01. The summed E-state index contributed by atoms with van der Waals surface area (Å²) in [6.07, 6.45) is 6.29. The second-order valence-corrected chi connectivity index (χ2v) is 6.04. The molecule has 22 heavy (non-hydrogen) atoms. The van der Waals surface area contributed by atoms with Crippen LogP contribution in [0, 0.1) is 0 Å². The summed E-state index contributed by atoms with van der Waals surface area (Å²) < 4.78 is 5.20. The van der Waals surface area contributed by atoms with E-state index in [1.165, 1.54) is 6.42 Å². The van der Waals surface area contributed by atoms with Gasteiger partial charge in [-0.3, -0.25) is 4.79 Å². The summed E-state index contributed by atoms with van der Waals surface area (Å²) in [7, 11) is 5.69. The molecule has 0 fully saturated rings. The van der Waals surface area contributed by atoms with Gasteiger partial charge < -0.3 is 15.0 Å². The number of hydrogen-bond donors (Lipinski definition) is 1. The van der Waals surface area contributed by atoms with E-state index in [-0.39, 0.29) is 11.9 Å². The number of nitrogens with one attached hydrogen (secondary N) is 1. The van der Waals surface area contributed by atoms with Crippen LogP contribution in [0.2, 0.25) is 0 Å². The van der Waals surface area contributed by atoms with Crippen LogP contribution in [-0.4, -0.2) is 38.6 Å². The second kappa shape index (κ2) is 7.99. The zero-order valence-electron chi connectivity index (χ0n) is 13.8. The molecule has 4 heteroatoms. The predicted molar refractivity (Wildman–Crippen MR) is 89.0 cm³/mol. The molecule has 0 heterocycles. The summed E-state index contributed by atoms with van der Waals surface area (Å²) in [5, 5.41) is 3.18. The molecule has 0 aliphatic heterocycles. The largest absolute Gasteiger partial charge is 0.497 e. The molecule has 0 saturated carbocycles. The highest BCUT2D eigenvalue weighted by Gasteiger charge is 2.19. The van der Waals surface area contributed by atoms with Crippen molar-refractivity contribution in [1.82, 2.24) is 10.2 Å². The van der Waals surface area contributed by atoms with Crippen LogP contribution in [0.5, 0.6) is 5.75 Å². The highest BCUT2D eigenvalue weighted by molar-refractivity contribution is 5.93. The van der Waals surface area contributed by atoms with E-state index >= 15 is 0 Å². The van der Waals surface area contributed by atoms with Crippen molar-refractivity contribution in [3.05, 3.63) is 41.5 Å². The Bertz CT molecular complexity index is 520. The molecule has 1 N–H and O–H groups in total. The zero-order chi connectivity index (χ0) is 15.9. The molecule has 1 aromatic rings. The molecule has 2 rings (SSSR count). The number of allylic oxidation sites excluding steroid dienone is 1. The number of nitrogens with zero attached hydrogens (tertiary/aromatic N) is 1. The minimum Gasteiger partial charge on any atom is -0.497 e. The van der Waals surface area contributed by atoms with Crippen LogP contribution >= 0.6 is 0 Å². The van der Waals surface area contributed by atoms with Crippen molar-refractivity contribution in [3.63, 3.8) is 0 Å². The number of rotatable bonds is 6. The van der Waals surface area contributed by atoms with E-state index in [9.17, 15) is 4.79 Å². The highest BCUT2D eigenvalue weighted by atomic mass is 16.5. The molecule has 1 unspecified atom stereocenters. The van der Waals surface area contributed by atoms with Gasteiger partial charge in [-0.1, -0.05) is 18.2 Å². The number of hydrogen-bond acceptors (Lipinski definition) is 3. The third-order valence-electron chi connectivity index (χ3n) is 3.95. The average Bonchev–Trinajstić information content (AvgIpc) is 2.54. The fourth-order valence-electron chi connectivity index (χ4n) is 2.73. The summed E-state index contributed by atoms with van der Waals surface area (Å²) in [6.45, 7) is 0.769. The van der Waals surface area contributed by atoms with Gasteiger partial charge in [0.2, 0.25) is 5.91 Å². The maximum absolute atomic E-state index is 12.5. The van der Waals surface area contributed by atoms with E-state index in [1.807, 2.05) is 38.4 Å². The van der Waals surface area contributed by atoms with Gasteiger partial charge in [-0.15, -0.1) is 0 Å². The van der Waals surface area contributed by atoms with Crippen molar-refractivity contribution in [2.24, 2.45) is 0 Å². The van der Waals surface area contributed by atoms with Crippen molar-refractivity contribution in [3.8, 4) is 5.75 Å². The third-order valence-corrected chi connectivity index (χ3v) is 3.95. The average molecular weight is 302 g/mol. The molecule has 0 aromatic heterocycles. The first-order valence-corrected chi connectivity index (χ1v) is 7.88. The Morgan fingerprint density at radius 3 is 2.55 bits per heavy atom. The number of carbonyl (C=O) groups is 1. The minimum atomic E-state index is -0.0174. The standard InChI is InChI=1S/C18H26N2O2/c1-20(2)13-17(14-9-11-16(22-3)12-10-14)19-18(21)15-7-5-4-6-8-15/h7,9-12,17H,4-6,8,13H2,1-3H3,(H,19,21). The highest BCUT2D eigenvalue weighted by Crippen LogP contribution is 2.21. The van der Waals surface area contributed by atoms with E-state index in [1.54, 1.807) is 7.11 Å². The molecule has 120 valence electrons. The lowest BCUT2D eigenvalue weighted by Crippen LogP contribution is -2.36. The van der Waals surface area contributed by atoms with Crippen molar-refractivity contribution in [1.29, 1.82) is 0 Å². The molecule has 1 atom stereocenters.